The molecule has 6 heterocycles. The molecule has 5 aromatic rings. The average Bonchev–Trinajstić information content (AvgIpc) is 1.58. The minimum Gasteiger partial charge on any atom is -0.481 e. The molecule has 4 aromatic carbocycles. The number of allylic oxidation sites excluding steroid dienone is 6. The average molecular weight is 1390 g/mol. The summed E-state index contributed by atoms with van der Waals surface area (Å²) >= 11 is 0. The van der Waals surface area contributed by atoms with Gasteiger partial charge in [0.2, 0.25) is 35.2 Å². The van der Waals surface area contributed by atoms with Crippen LogP contribution in [-0.4, -0.2) is 165 Å². The second-order valence-corrected chi connectivity index (χ2v) is 29.2. The molecule has 21 nitrogen and oxygen atoms in total. The van der Waals surface area contributed by atoms with Crippen LogP contribution in [0.5, 0.6) is 0 Å². The molecule has 5 atom stereocenters. The number of nitrogens with two attached hydrogens (primary N) is 2. The van der Waals surface area contributed by atoms with E-state index in [4.69, 9.17) is 21.9 Å². The van der Waals surface area contributed by atoms with Crippen molar-refractivity contribution in [3.63, 3.8) is 0 Å². The number of amides is 5. The molecule has 0 bridgehead atoms. The van der Waals surface area contributed by atoms with Crippen molar-refractivity contribution in [1.29, 1.82) is 5.41 Å². The summed E-state index contributed by atoms with van der Waals surface area (Å²) in [6, 6.07) is 26.6. The predicted octanol–water partition coefficient (Wildman–Crippen LogP) is 10.7. The fraction of sp³-hybridized carbons (Fsp3) is 0.494. The van der Waals surface area contributed by atoms with Crippen molar-refractivity contribution in [2.45, 2.75) is 199 Å². The van der Waals surface area contributed by atoms with Crippen molar-refractivity contribution in [3.05, 3.63) is 144 Å². The molecule has 1 aromatic heterocycles. The highest BCUT2D eigenvalue weighted by atomic mass is 16.4. The van der Waals surface area contributed by atoms with Gasteiger partial charge in [0.05, 0.1) is 23.6 Å². The van der Waals surface area contributed by atoms with Crippen LogP contribution in [0.25, 0.3) is 27.1 Å². The maximum atomic E-state index is 14.3. The van der Waals surface area contributed by atoms with Gasteiger partial charge in [-0.25, -0.2) is 0 Å². The molecule has 102 heavy (non-hydrogen) atoms. The van der Waals surface area contributed by atoms with Crippen LogP contribution in [0, 0.1) is 11.3 Å². The zero-order chi connectivity index (χ0) is 72.8. The van der Waals surface area contributed by atoms with E-state index in [0.717, 1.165) is 43.6 Å². The first-order chi connectivity index (χ1) is 49.1. The highest BCUT2D eigenvalue weighted by molar-refractivity contribution is 6.09. The maximum absolute atomic E-state index is 14.3. The summed E-state index contributed by atoms with van der Waals surface area (Å²) in [5.41, 5.74) is 20.1. The Bertz CT molecular complexity index is 4100. The van der Waals surface area contributed by atoms with Gasteiger partial charge in [-0.2, -0.15) is 4.58 Å². The third-order valence-corrected chi connectivity index (χ3v) is 21.4. The molecule has 542 valence electrons. The van der Waals surface area contributed by atoms with E-state index in [9.17, 15) is 43.5 Å². The van der Waals surface area contributed by atoms with Gasteiger partial charge in [0.15, 0.2) is 17.5 Å². The number of aliphatic carboxylic acids is 1. The molecule has 5 aliphatic rings. The standard InChI is InChI=1S/C81H104N12O9/c1-7-9-46-90-64-40-35-54-23-14-16-27-60(54)73(64)81(5,6)70(90)42-37-55(36-41-69-80(3,4)72-59-26-15-13-22-53(59)34-39-63(72)89(69)45-8-2)61-38-33-57(52-87-61)68(95)32-12-10-11-24-56(78(101)102)50-58(94)25-17-43-85-74(97)65-29-20-48-92(65)77(100)67-31-21-49-93(67)76(99)62(28-18-44-86-79(83)84)88-75(98)66-30-19-47-91(66)71(96)51-82/h13-16,22-23,26-27,33-42,52,56,62,65-67H,7-12,17-21,24-25,28-32,43-51,82H2,1-6H3,(H6-,83,84,85,86,88,97,98,101,102)/p+1/t56-,62+,65+,66+,67+/m1/s1. The number of carboxylic acids is 1. The van der Waals surface area contributed by atoms with Crippen LogP contribution in [-0.2, 0) is 44.4 Å². The number of hydrogen-bond donors (Lipinski definition) is 7. The van der Waals surface area contributed by atoms with Crippen LogP contribution >= 0.6 is 0 Å². The normalized spacial score (nSPS) is 19.4. The van der Waals surface area contributed by atoms with Crippen LogP contribution in [0.1, 0.15) is 191 Å². The number of benzene rings is 4. The Morgan fingerprint density at radius 3 is 2.05 bits per heavy atom. The molecule has 3 saturated heterocycles. The molecule has 0 saturated carbocycles. The SMILES string of the molecule is CCCC[N+]1=C(/C=C/C(=C/C=C2/N(CCC)c3ccc4ccccc4c3C2(C)C)c2ccc(C(=O)CCCCC[C@H](CC(=O)CCCNC(=O)[C@@H]3CCCN3C(=O)[C@@H]3CCCN3C(=O)[C@H](CCCNC(=N)N)NC(=O)[C@@H]3CCCN3C(=O)CN)C(=O)O)cn2)C(C)(C)c2c1ccc1ccccc21. The lowest BCUT2D eigenvalue weighted by Gasteiger charge is -2.33. The number of nitrogens with one attached hydrogen (secondary N) is 4. The fourth-order valence-electron chi connectivity index (χ4n) is 16.2. The van der Waals surface area contributed by atoms with Crippen molar-refractivity contribution in [2.75, 3.05) is 57.3 Å². The summed E-state index contributed by atoms with van der Waals surface area (Å²) < 4.78 is 2.50. The first-order valence-corrected chi connectivity index (χ1v) is 37.2. The van der Waals surface area contributed by atoms with Crippen molar-refractivity contribution in [1.82, 2.24) is 35.6 Å². The van der Waals surface area contributed by atoms with Gasteiger partial charge in [0, 0.05) is 117 Å². The Hall–Kier alpha value is -9.37. The largest absolute Gasteiger partial charge is 0.481 e. The van der Waals surface area contributed by atoms with Gasteiger partial charge in [-0.1, -0.05) is 108 Å². The summed E-state index contributed by atoms with van der Waals surface area (Å²) in [4.78, 5) is 120. The van der Waals surface area contributed by atoms with Gasteiger partial charge in [-0.15, -0.1) is 0 Å². The summed E-state index contributed by atoms with van der Waals surface area (Å²) in [5, 5.41) is 31.1. The highest BCUT2D eigenvalue weighted by Gasteiger charge is 2.47. The molecule has 3 fully saturated rings. The number of carboxylic acid groups (broad SMARTS) is 1. The van der Waals surface area contributed by atoms with Crippen LogP contribution in [0.2, 0.25) is 0 Å². The van der Waals surface area contributed by atoms with Gasteiger partial charge in [0.1, 0.15) is 36.5 Å². The molecule has 0 unspecified atom stereocenters. The third-order valence-electron chi connectivity index (χ3n) is 21.4. The summed E-state index contributed by atoms with van der Waals surface area (Å²) in [5.74, 6) is -4.53. The van der Waals surface area contributed by atoms with Crippen molar-refractivity contribution in [3.8, 4) is 0 Å². The third kappa shape index (κ3) is 16.9. The molecule has 0 spiro atoms. The minimum absolute atomic E-state index is 0.0533. The zero-order valence-electron chi connectivity index (χ0n) is 60.5. The van der Waals surface area contributed by atoms with Gasteiger partial charge in [-0.05, 0) is 154 Å². The molecular weight excluding hydrogens is 1280 g/mol. The van der Waals surface area contributed by atoms with Gasteiger partial charge in [-0.3, -0.25) is 48.7 Å². The lowest BCUT2D eigenvalue weighted by molar-refractivity contribution is -0.438. The number of anilines is 1. The first-order valence-electron chi connectivity index (χ1n) is 37.2. The fourth-order valence-corrected chi connectivity index (χ4v) is 16.2. The van der Waals surface area contributed by atoms with Crippen LogP contribution in [0.4, 0.5) is 11.4 Å². The van der Waals surface area contributed by atoms with E-state index in [2.05, 4.69) is 164 Å². The number of hydrogen-bond acceptors (Lipinski definition) is 12. The monoisotopic (exact) mass is 1390 g/mol. The molecule has 21 heteroatoms. The molecule has 9 N–H and O–H groups in total. The highest BCUT2D eigenvalue weighted by Crippen LogP contribution is 2.51. The van der Waals surface area contributed by atoms with Crippen LogP contribution in [0.15, 0.2) is 121 Å². The number of pyridine rings is 1. The Morgan fingerprint density at radius 2 is 1.37 bits per heavy atom. The summed E-state index contributed by atoms with van der Waals surface area (Å²) in [6.07, 6.45) is 19.4. The number of nitrogens with zero attached hydrogens (tertiary/aromatic N) is 6. The Morgan fingerprint density at radius 1 is 0.706 bits per heavy atom. The van der Waals surface area contributed by atoms with E-state index in [0.29, 0.717) is 82.9 Å². The number of ketones is 2. The van der Waals surface area contributed by atoms with E-state index in [1.807, 2.05) is 12.1 Å². The molecule has 5 amide bonds. The van der Waals surface area contributed by atoms with E-state index < -0.39 is 47.9 Å². The second kappa shape index (κ2) is 34.1. The smallest absolute Gasteiger partial charge is 0.306 e. The lowest BCUT2D eigenvalue weighted by atomic mass is 9.79. The minimum atomic E-state index is -1.06. The van der Waals surface area contributed by atoms with E-state index in [1.165, 1.54) is 70.2 Å². The number of fused-ring (bicyclic) bond motifs is 6. The molecule has 5 aliphatic heterocycles. The lowest BCUT2D eigenvalue weighted by Crippen LogP contribution is -2.58. The molecular formula is C81H105N12O9+. The topological polar surface area (TPSA) is 298 Å². The number of likely N-dealkylation sites (tertiary alicyclic amines) is 3. The van der Waals surface area contributed by atoms with Crippen LogP contribution in [0.3, 0.4) is 0 Å². The number of rotatable bonds is 33. The van der Waals surface area contributed by atoms with Gasteiger partial charge in [0.25, 0.3) is 0 Å². The van der Waals surface area contributed by atoms with Gasteiger partial charge >= 0.3 is 5.97 Å². The first kappa shape index (κ1) is 75.3. The molecule has 0 radical (unpaired) electrons. The quantitative estimate of drug-likeness (QED) is 0.00513. The summed E-state index contributed by atoms with van der Waals surface area (Å²) in [6.45, 7) is 16.6. The van der Waals surface area contributed by atoms with Crippen molar-refractivity contribution >= 4 is 97.2 Å². The zero-order valence-corrected chi connectivity index (χ0v) is 60.5. The number of Topliss-reactive ketones (excluding diaryl/α,β-unsaturated/α-hetero) is 2. The predicted molar refractivity (Wildman–Crippen MR) is 400 cm³/mol. The Labute approximate surface area is 600 Å². The Balaban J connectivity index is 0.727. The van der Waals surface area contributed by atoms with Crippen molar-refractivity contribution in [2.24, 2.45) is 17.4 Å². The Kier molecular flexibility index (Phi) is 25.2. The number of carbonyl (C=O) groups is 8. The molecule has 0 aliphatic carbocycles. The summed E-state index contributed by atoms with van der Waals surface area (Å²) in [7, 11) is 0. The van der Waals surface area contributed by atoms with E-state index in [-0.39, 0.29) is 111 Å². The number of aromatic nitrogens is 1. The van der Waals surface area contributed by atoms with Gasteiger partial charge < -0.3 is 52.1 Å². The van der Waals surface area contributed by atoms with E-state index in [1.54, 1.807) is 6.20 Å². The second-order valence-electron chi connectivity index (χ2n) is 29.2. The number of unbranched alkanes of at least 4 members (excludes halogenated alkanes) is 3. The molecule has 10 rings (SSSR count). The van der Waals surface area contributed by atoms with Crippen LogP contribution < -0.4 is 32.3 Å². The maximum Gasteiger partial charge on any atom is 0.306 e. The number of carbonyl (C=O) groups excluding carboxylic acids is 7. The number of guanidine groups is 1. The van der Waals surface area contributed by atoms with Crippen molar-refractivity contribution < 1.29 is 48.0 Å². The van der Waals surface area contributed by atoms with E-state index >= 15 is 0 Å².